The molecule has 0 bridgehead atoms. The fraction of sp³-hybridized carbons (Fsp3) is 0.545. The van der Waals surface area contributed by atoms with Crippen LogP contribution in [0.5, 0.6) is 0 Å². The summed E-state index contributed by atoms with van der Waals surface area (Å²) in [6, 6.07) is 3.40. The van der Waals surface area contributed by atoms with E-state index >= 15 is 0 Å². The van der Waals surface area contributed by atoms with Crippen LogP contribution in [0.2, 0.25) is 0 Å². The van der Waals surface area contributed by atoms with Crippen molar-refractivity contribution in [2.24, 2.45) is 5.92 Å². The van der Waals surface area contributed by atoms with Crippen LogP contribution in [0.3, 0.4) is 0 Å². The van der Waals surface area contributed by atoms with Crippen LogP contribution in [-0.2, 0) is 14.4 Å². The number of aryl methyl sites for hydroxylation is 3. The van der Waals surface area contributed by atoms with Crippen LogP contribution in [-0.4, -0.2) is 47.3 Å². The van der Waals surface area contributed by atoms with Gasteiger partial charge in [-0.25, -0.2) is 4.79 Å². The van der Waals surface area contributed by atoms with Gasteiger partial charge in [-0.3, -0.25) is 19.3 Å². The highest BCUT2D eigenvalue weighted by Crippen LogP contribution is 2.38. The molecular weight excluding hydrogens is 384 g/mol. The van der Waals surface area contributed by atoms with Gasteiger partial charge in [-0.2, -0.15) is 0 Å². The maximum Gasteiger partial charge on any atom is 0.325 e. The van der Waals surface area contributed by atoms with E-state index in [1.165, 1.54) is 0 Å². The molecule has 5 amide bonds. The lowest BCUT2D eigenvalue weighted by Crippen LogP contribution is -2.54. The first-order valence-electron chi connectivity index (χ1n) is 10.4. The average Bonchev–Trinajstić information content (AvgIpc) is 2.90. The molecule has 1 saturated heterocycles. The van der Waals surface area contributed by atoms with Crippen molar-refractivity contribution < 1.29 is 19.2 Å². The number of carbonyl (C=O) groups is 4. The second-order valence-corrected chi connectivity index (χ2v) is 8.54. The quantitative estimate of drug-likeness (QED) is 0.642. The lowest BCUT2D eigenvalue weighted by molar-refractivity contribution is -0.137. The highest BCUT2D eigenvalue weighted by atomic mass is 16.2. The van der Waals surface area contributed by atoms with Crippen LogP contribution in [0.1, 0.15) is 49.3 Å². The molecule has 0 aromatic heterocycles. The van der Waals surface area contributed by atoms with E-state index in [1.807, 2.05) is 39.8 Å². The highest BCUT2D eigenvalue weighted by Gasteiger charge is 2.55. The second kappa shape index (κ2) is 8.45. The lowest BCUT2D eigenvalue weighted by Gasteiger charge is -2.36. The third-order valence-electron chi connectivity index (χ3n) is 6.19. The molecule has 8 heteroatoms. The maximum absolute atomic E-state index is 12.9. The molecule has 2 atom stereocenters. The minimum absolute atomic E-state index is 0.0301. The summed E-state index contributed by atoms with van der Waals surface area (Å²) in [5.41, 5.74) is 2.82. The molecule has 162 valence electrons. The van der Waals surface area contributed by atoms with E-state index in [4.69, 9.17) is 0 Å². The molecule has 0 unspecified atom stereocenters. The fourth-order valence-corrected chi connectivity index (χ4v) is 4.58. The van der Waals surface area contributed by atoms with Gasteiger partial charge in [0.15, 0.2) is 0 Å². The molecule has 1 aromatic rings. The Balaban J connectivity index is 1.55. The predicted molar refractivity (Wildman–Crippen MR) is 113 cm³/mol. The van der Waals surface area contributed by atoms with E-state index in [0.717, 1.165) is 46.5 Å². The molecule has 2 aliphatic rings. The van der Waals surface area contributed by atoms with Crippen molar-refractivity contribution >= 4 is 29.4 Å². The zero-order valence-corrected chi connectivity index (χ0v) is 18.1. The van der Waals surface area contributed by atoms with E-state index in [-0.39, 0.29) is 24.3 Å². The molecule has 1 aliphatic heterocycles. The average molecular weight is 415 g/mol. The van der Waals surface area contributed by atoms with Gasteiger partial charge in [-0.1, -0.05) is 37.5 Å². The summed E-state index contributed by atoms with van der Waals surface area (Å²) in [7, 11) is 0. The van der Waals surface area contributed by atoms with Crippen LogP contribution >= 0.6 is 0 Å². The van der Waals surface area contributed by atoms with Crippen LogP contribution in [0, 0.1) is 26.7 Å². The van der Waals surface area contributed by atoms with Crippen molar-refractivity contribution in [3.05, 3.63) is 28.8 Å². The van der Waals surface area contributed by atoms with E-state index in [0.29, 0.717) is 6.42 Å². The smallest absolute Gasteiger partial charge is 0.325 e. The summed E-state index contributed by atoms with van der Waals surface area (Å²) in [5, 5.41) is 8.13. The van der Waals surface area contributed by atoms with E-state index in [9.17, 15) is 19.2 Å². The Morgan fingerprint density at radius 2 is 1.80 bits per heavy atom. The molecular formula is C22H30N4O4. The first-order valence-corrected chi connectivity index (χ1v) is 10.4. The van der Waals surface area contributed by atoms with Crippen molar-refractivity contribution in [3.8, 4) is 0 Å². The topological polar surface area (TPSA) is 108 Å². The Bertz CT molecular complexity index is 874. The van der Waals surface area contributed by atoms with Crippen molar-refractivity contribution in [1.29, 1.82) is 0 Å². The zero-order chi connectivity index (χ0) is 22.1. The van der Waals surface area contributed by atoms with Crippen molar-refractivity contribution in [2.75, 3.05) is 18.4 Å². The first-order chi connectivity index (χ1) is 14.1. The van der Waals surface area contributed by atoms with Crippen molar-refractivity contribution in [3.63, 3.8) is 0 Å². The third kappa shape index (κ3) is 4.17. The van der Waals surface area contributed by atoms with Crippen LogP contribution < -0.4 is 16.0 Å². The minimum Gasteiger partial charge on any atom is -0.345 e. The Labute approximate surface area is 176 Å². The Morgan fingerprint density at radius 1 is 1.13 bits per heavy atom. The molecule has 8 nitrogen and oxygen atoms in total. The number of amides is 5. The van der Waals surface area contributed by atoms with Gasteiger partial charge in [0.05, 0.1) is 6.54 Å². The lowest BCUT2D eigenvalue weighted by atomic mass is 9.73. The van der Waals surface area contributed by atoms with Gasteiger partial charge < -0.3 is 16.0 Å². The normalized spacial score (nSPS) is 23.5. The van der Waals surface area contributed by atoms with Gasteiger partial charge >= 0.3 is 6.03 Å². The Morgan fingerprint density at radius 3 is 2.43 bits per heavy atom. The number of imide groups is 1. The van der Waals surface area contributed by atoms with Crippen molar-refractivity contribution in [1.82, 2.24) is 15.5 Å². The zero-order valence-electron chi connectivity index (χ0n) is 18.1. The van der Waals surface area contributed by atoms with Crippen LogP contribution in [0.15, 0.2) is 12.1 Å². The van der Waals surface area contributed by atoms with E-state index in [2.05, 4.69) is 16.0 Å². The maximum atomic E-state index is 12.9. The first kappa shape index (κ1) is 21.8. The molecule has 30 heavy (non-hydrogen) atoms. The number of nitrogens with one attached hydrogen (secondary N) is 3. The second-order valence-electron chi connectivity index (χ2n) is 8.54. The molecule has 1 heterocycles. The number of rotatable bonds is 5. The third-order valence-corrected chi connectivity index (χ3v) is 6.19. The van der Waals surface area contributed by atoms with Gasteiger partial charge in [0.25, 0.3) is 5.91 Å². The number of carbonyl (C=O) groups excluding carboxylic acids is 4. The van der Waals surface area contributed by atoms with Crippen LogP contribution in [0.4, 0.5) is 10.5 Å². The molecule has 3 rings (SSSR count). The highest BCUT2D eigenvalue weighted by molar-refractivity contribution is 6.09. The summed E-state index contributed by atoms with van der Waals surface area (Å²) in [6.45, 7) is 7.13. The minimum atomic E-state index is -0.895. The number of anilines is 1. The number of hydrogen-bond acceptors (Lipinski definition) is 4. The summed E-state index contributed by atoms with van der Waals surface area (Å²) in [4.78, 5) is 50.8. The molecule has 1 saturated carbocycles. The SMILES string of the molecule is Cc1cc(C)c(NC(=O)CNC(=O)CN2C(=O)N[C@@]3(CCCC[C@@H]3C)C2=O)c(C)c1. The summed E-state index contributed by atoms with van der Waals surface area (Å²) >= 11 is 0. The van der Waals surface area contributed by atoms with Gasteiger partial charge in [0.2, 0.25) is 11.8 Å². The van der Waals surface area contributed by atoms with E-state index < -0.39 is 24.0 Å². The monoisotopic (exact) mass is 414 g/mol. The number of urea groups is 1. The van der Waals surface area contributed by atoms with Gasteiger partial charge in [0.1, 0.15) is 12.1 Å². The summed E-state index contributed by atoms with van der Waals surface area (Å²) in [6.07, 6.45) is 3.36. The molecule has 1 spiro atoms. The standard InChI is InChI=1S/C22H30N4O4/c1-13-9-14(2)19(15(3)10-13)24-17(27)11-23-18(28)12-26-20(29)22(25-21(26)30)8-6-5-7-16(22)4/h9-10,16H,5-8,11-12H2,1-4H3,(H,23,28)(H,24,27)(H,25,30)/t16-,22+/m0/s1. The number of nitrogens with zero attached hydrogens (tertiary/aromatic N) is 1. The van der Waals surface area contributed by atoms with Gasteiger partial charge in [-0.15, -0.1) is 0 Å². The van der Waals surface area contributed by atoms with E-state index in [1.54, 1.807) is 0 Å². The molecule has 0 radical (unpaired) electrons. The Hall–Kier alpha value is -2.90. The molecule has 1 aliphatic carbocycles. The van der Waals surface area contributed by atoms with Crippen LogP contribution in [0.25, 0.3) is 0 Å². The largest absolute Gasteiger partial charge is 0.345 e. The molecule has 3 N–H and O–H groups in total. The number of benzene rings is 1. The Kier molecular flexibility index (Phi) is 6.14. The summed E-state index contributed by atoms with van der Waals surface area (Å²) in [5.74, 6) is -1.23. The van der Waals surface area contributed by atoms with Gasteiger partial charge in [0, 0.05) is 5.69 Å². The number of hydrogen-bond donors (Lipinski definition) is 3. The molecule has 2 fully saturated rings. The fourth-order valence-electron chi connectivity index (χ4n) is 4.58. The predicted octanol–water partition coefficient (Wildman–Crippen LogP) is 2.17. The summed E-state index contributed by atoms with van der Waals surface area (Å²) < 4.78 is 0. The van der Waals surface area contributed by atoms with Crippen molar-refractivity contribution in [2.45, 2.75) is 58.9 Å². The molecule has 1 aromatic carbocycles. The van der Waals surface area contributed by atoms with Gasteiger partial charge in [-0.05, 0) is 50.7 Å².